The molecule has 13 heteroatoms. The number of rotatable bonds is 14. The quantitative estimate of drug-likeness (QED) is 0.112. The zero-order chi connectivity index (χ0) is 35.3. The Kier molecular flexibility index (Phi) is 13.0. The van der Waals surface area contributed by atoms with Gasteiger partial charge in [-0.3, -0.25) is 9.59 Å². The Balaban J connectivity index is 1.38. The van der Waals surface area contributed by atoms with Gasteiger partial charge in [-0.05, 0) is 47.1 Å². The van der Waals surface area contributed by atoms with Crippen molar-refractivity contribution in [2.45, 2.75) is 57.9 Å². The fourth-order valence-electron chi connectivity index (χ4n) is 5.65. The summed E-state index contributed by atoms with van der Waals surface area (Å²) >= 11 is 0. The van der Waals surface area contributed by atoms with Gasteiger partial charge in [0.25, 0.3) is 0 Å². The van der Waals surface area contributed by atoms with Gasteiger partial charge in [-0.15, -0.1) is 0 Å². The van der Waals surface area contributed by atoms with Crippen molar-refractivity contribution in [1.29, 1.82) is 0 Å². The molecular weight excluding hydrogens is 628 g/mol. The lowest BCUT2D eigenvalue weighted by molar-refractivity contribution is -0.139. The highest BCUT2D eigenvalue weighted by molar-refractivity contribution is 5.87. The fraction of sp³-hybridized carbons (Fsp3) is 0.361. The summed E-state index contributed by atoms with van der Waals surface area (Å²) in [5.74, 6) is -1.22. The first-order valence-electron chi connectivity index (χ1n) is 16.2. The second-order valence-electron chi connectivity index (χ2n) is 12.1. The number of carbonyl (C=O) groups is 5. The molecule has 0 heterocycles. The molecule has 1 aliphatic carbocycles. The average molecular weight is 673 g/mol. The Morgan fingerprint density at radius 3 is 1.92 bits per heavy atom. The van der Waals surface area contributed by atoms with E-state index in [4.69, 9.17) is 4.74 Å². The van der Waals surface area contributed by atoms with Gasteiger partial charge in [0.15, 0.2) is 0 Å². The molecule has 0 saturated heterocycles. The van der Waals surface area contributed by atoms with Crippen LogP contribution in [0.15, 0.2) is 78.9 Å². The van der Waals surface area contributed by atoms with E-state index < -0.39 is 48.4 Å². The molecule has 0 aliphatic heterocycles. The first-order chi connectivity index (χ1) is 23.5. The van der Waals surface area contributed by atoms with Crippen molar-refractivity contribution in [2.75, 3.05) is 20.3 Å². The van der Waals surface area contributed by atoms with Gasteiger partial charge in [0, 0.05) is 12.3 Å². The third kappa shape index (κ3) is 10.7. The van der Waals surface area contributed by atoms with E-state index in [1.807, 2.05) is 80.6 Å². The number of hydrogen-bond donors (Lipinski definition) is 6. The van der Waals surface area contributed by atoms with E-state index in [-0.39, 0.29) is 31.4 Å². The average Bonchev–Trinajstić information content (AvgIpc) is 3.39. The SMILES string of the molecule is COC(=O)CNC(=O)N[C@H](C)NC(=O)N[C@H](Cc1ccccc1)NC(=O)[C@H](CC(C)C)NC(=O)OCC1c2ccccc2-c2ccccc21. The van der Waals surface area contributed by atoms with Crippen LogP contribution in [0.2, 0.25) is 0 Å². The van der Waals surface area contributed by atoms with Crippen LogP contribution in [0.5, 0.6) is 0 Å². The first-order valence-corrected chi connectivity index (χ1v) is 16.2. The first kappa shape index (κ1) is 36.2. The molecule has 0 fully saturated rings. The number of esters is 1. The molecule has 4 rings (SSSR count). The van der Waals surface area contributed by atoms with Gasteiger partial charge in [0.2, 0.25) is 5.91 Å². The van der Waals surface area contributed by atoms with Crippen LogP contribution in [0, 0.1) is 5.92 Å². The Labute approximate surface area is 285 Å². The summed E-state index contributed by atoms with van der Waals surface area (Å²) in [6.45, 7) is 5.15. The summed E-state index contributed by atoms with van der Waals surface area (Å²) < 4.78 is 10.2. The van der Waals surface area contributed by atoms with Crippen LogP contribution in [0.25, 0.3) is 11.1 Å². The number of hydrogen-bond acceptors (Lipinski definition) is 7. The number of benzene rings is 3. The normalized spacial score (nSPS) is 13.5. The summed E-state index contributed by atoms with van der Waals surface area (Å²) in [6.07, 6.45) is -1.88. The highest BCUT2D eigenvalue weighted by atomic mass is 16.5. The van der Waals surface area contributed by atoms with Crippen molar-refractivity contribution in [3.05, 3.63) is 95.6 Å². The molecule has 0 aromatic heterocycles. The summed E-state index contributed by atoms with van der Waals surface area (Å²) in [6, 6.07) is 23.0. The molecule has 0 unspecified atom stereocenters. The molecule has 3 aromatic carbocycles. The molecule has 49 heavy (non-hydrogen) atoms. The Morgan fingerprint density at radius 2 is 1.31 bits per heavy atom. The van der Waals surface area contributed by atoms with Crippen molar-refractivity contribution >= 4 is 30.0 Å². The van der Waals surface area contributed by atoms with Gasteiger partial charge in [0.05, 0.1) is 7.11 Å². The molecule has 6 amide bonds. The Hall–Kier alpha value is -5.59. The van der Waals surface area contributed by atoms with Gasteiger partial charge in [-0.1, -0.05) is 92.7 Å². The summed E-state index contributed by atoms with van der Waals surface area (Å²) in [5.41, 5.74) is 5.21. The molecule has 0 saturated carbocycles. The zero-order valence-electron chi connectivity index (χ0n) is 28.1. The van der Waals surface area contributed by atoms with Gasteiger partial charge in [0.1, 0.15) is 31.5 Å². The van der Waals surface area contributed by atoms with E-state index >= 15 is 0 Å². The Morgan fingerprint density at radius 1 is 0.714 bits per heavy atom. The number of methoxy groups -OCH3 is 1. The molecule has 13 nitrogen and oxygen atoms in total. The number of alkyl carbamates (subject to hydrolysis) is 1. The van der Waals surface area contributed by atoms with E-state index in [0.29, 0.717) is 6.42 Å². The summed E-state index contributed by atoms with van der Waals surface area (Å²) in [5, 5.41) is 15.7. The van der Waals surface area contributed by atoms with E-state index in [9.17, 15) is 24.0 Å². The number of nitrogens with one attached hydrogen (secondary N) is 6. The van der Waals surface area contributed by atoms with Crippen LogP contribution in [0.3, 0.4) is 0 Å². The van der Waals surface area contributed by atoms with Crippen LogP contribution in [0.1, 0.15) is 49.8 Å². The number of fused-ring (bicyclic) bond motifs is 3. The monoisotopic (exact) mass is 672 g/mol. The predicted molar refractivity (Wildman–Crippen MR) is 183 cm³/mol. The van der Waals surface area contributed by atoms with Crippen molar-refractivity contribution in [3.8, 4) is 11.1 Å². The summed E-state index contributed by atoms with van der Waals surface area (Å²) in [4.78, 5) is 63.0. The lowest BCUT2D eigenvalue weighted by atomic mass is 9.98. The minimum absolute atomic E-state index is 0.0470. The highest BCUT2D eigenvalue weighted by Gasteiger charge is 2.30. The van der Waals surface area contributed by atoms with Crippen LogP contribution in [0.4, 0.5) is 14.4 Å². The molecule has 260 valence electrons. The van der Waals surface area contributed by atoms with Gasteiger partial charge in [-0.25, -0.2) is 14.4 Å². The molecular formula is C36H44N6O7. The van der Waals surface area contributed by atoms with E-state index in [1.165, 1.54) is 14.0 Å². The molecule has 1 aliphatic rings. The maximum absolute atomic E-state index is 13.6. The molecule has 6 N–H and O–H groups in total. The minimum Gasteiger partial charge on any atom is -0.468 e. The van der Waals surface area contributed by atoms with Crippen LogP contribution < -0.4 is 31.9 Å². The van der Waals surface area contributed by atoms with E-state index in [0.717, 1.165) is 27.8 Å². The molecule has 0 radical (unpaired) electrons. The second-order valence-corrected chi connectivity index (χ2v) is 12.1. The van der Waals surface area contributed by atoms with Crippen LogP contribution in [-0.4, -0.2) is 68.7 Å². The van der Waals surface area contributed by atoms with Crippen molar-refractivity contribution in [1.82, 2.24) is 31.9 Å². The standard InChI is InChI=1S/C36H44N6O7/c1-22(2)18-30(40-36(47)49-21-29-27-16-10-8-14-25(27)26-15-9-11-17-28(26)29)33(44)41-31(19-24-12-6-5-7-13-24)42-35(46)39-23(3)38-34(45)37-20-32(43)48-4/h5-17,22-23,29-31H,18-21H2,1-4H3,(H,40,47)(H,41,44)(H2,37,38,45)(H2,39,42,46)/t23-,30-,31+/m0/s1. The smallest absolute Gasteiger partial charge is 0.407 e. The lowest BCUT2D eigenvalue weighted by Crippen LogP contribution is -2.59. The highest BCUT2D eigenvalue weighted by Crippen LogP contribution is 2.44. The number of carbonyl (C=O) groups excluding carboxylic acids is 5. The molecule has 3 aromatic rings. The number of urea groups is 2. The van der Waals surface area contributed by atoms with Gasteiger partial charge >= 0.3 is 24.1 Å². The summed E-state index contributed by atoms with van der Waals surface area (Å²) in [7, 11) is 1.20. The lowest BCUT2D eigenvalue weighted by Gasteiger charge is -2.26. The van der Waals surface area contributed by atoms with E-state index in [1.54, 1.807) is 0 Å². The third-order valence-electron chi connectivity index (χ3n) is 7.88. The maximum atomic E-state index is 13.6. The van der Waals surface area contributed by atoms with Gasteiger partial charge < -0.3 is 41.4 Å². The zero-order valence-corrected chi connectivity index (χ0v) is 28.1. The second kappa shape index (κ2) is 17.5. The van der Waals surface area contributed by atoms with Crippen molar-refractivity contribution < 1.29 is 33.4 Å². The fourth-order valence-corrected chi connectivity index (χ4v) is 5.65. The van der Waals surface area contributed by atoms with Crippen LogP contribution >= 0.6 is 0 Å². The number of ether oxygens (including phenoxy) is 2. The molecule has 0 spiro atoms. The molecule has 3 atom stereocenters. The van der Waals surface area contributed by atoms with Crippen molar-refractivity contribution in [2.24, 2.45) is 5.92 Å². The minimum atomic E-state index is -0.946. The van der Waals surface area contributed by atoms with Gasteiger partial charge in [-0.2, -0.15) is 0 Å². The van der Waals surface area contributed by atoms with Crippen molar-refractivity contribution in [3.63, 3.8) is 0 Å². The Bertz CT molecular complexity index is 1570. The predicted octanol–water partition coefficient (Wildman–Crippen LogP) is 3.74. The molecule has 0 bridgehead atoms. The topological polar surface area (TPSA) is 176 Å². The van der Waals surface area contributed by atoms with E-state index in [2.05, 4.69) is 48.8 Å². The van der Waals surface area contributed by atoms with Crippen LogP contribution in [-0.2, 0) is 25.5 Å². The third-order valence-corrected chi connectivity index (χ3v) is 7.88. The maximum Gasteiger partial charge on any atom is 0.407 e. The number of amides is 6. The largest absolute Gasteiger partial charge is 0.468 e.